The minimum Gasteiger partial charge on any atom is -0.365 e. The summed E-state index contributed by atoms with van der Waals surface area (Å²) in [6.45, 7) is 6.55. The van der Waals surface area contributed by atoms with Crippen molar-refractivity contribution in [3.05, 3.63) is 22.4 Å². The quantitative estimate of drug-likeness (QED) is 0.885. The molecular weight excluding hydrogens is 248 g/mol. The van der Waals surface area contributed by atoms with Gasteiger partial charge in [0.25, 0.3) is 0 Å². The van der Waals surface area contributed by atoms with Gasteiger partial charge in [-0.15, -0.1) is 0 Å². The van der Waals surface area contributed by atoms with Gasteiger partial charge >= 0.3 is 0 Å². The molecule has 0 aromatic carbocycles. The molecule has 0 aliphatic carbocycles. The second-order valence-corrected chi connectivity index (χ2v) is 6.89. The Hall–Kier alpha value is -0.480. The van der Waals surface area contributed by atoms with E-state index >= 15 is 0 Å². The van der Waals surface area contributed by atoms with Crippen LogP contribution in [0.25, 0.3) is 0 Å². The SMILES string of the molecule is CC(C)CC1CN=C(NCCc2ccsc2)S1. The van der Waals surface area contributed by atoms with Gasteiger partial charge in [0, 0.05) is 11.8 Å². The molecule has 0 radical (unpaired) electrons. The maximum Gasteiger partial charge on any atom is 0.156 e. The Balaban J connectivity index is 1.64. The molecule has 0 saturated heterocycles. The maximum atomic E-state index is 4.56. The molecule has 0 saturated carbocycles. The third-order valence-corrected chi connectivity index (χ3v) is 4.62. The van der Waals surface area contributed by atoms with Crippen LogP contribution in [0.1, 0.15) is 25.8 Å². The number of nitrogens with zero attached hydrogens (tertiary/aromatic N) is 1. The zero-order valence-electron chi connectivity index (χ0n) is 10.5. The second kappa shape index (κ2) is 6.45. The minimum atomic E-state index is 0.693. The van der Waals surface area contributed by atoms with Gasteiger partial charge in [-0.25, -0.2) is 0 Å². The summed E-state index contributed by atoms with van der Waals surface area (Å²) in [4.78, 5) is 4.56. The molecule has 4 heteroatoms. The molecule has 2 heterocycles. The number of thioether (sulfide) groups is 1. The van der Waals surface area contributed by atoms with E-state index in [2.05, 4.69) is 41.0 Å². The van der Waals surface area contributed by atoms with Crippen molar-refractivity contribution < 1.29 is 0 Å². The molecule has 0 bridgehead atoms. The van der Waals surface area contributed by atoms with Crippen molar-refractivity contribution in [2.45, 2.75) is 31.9 Å². The van der Waals surface area contributed by atoms with Crippen LogP contribution in [-0.2, 0) is 6.42 Å². The minimum absolute atomic E-state index is 0.693. The standard InChI is InChI=1S/C13H20N2S2/c1-10(2)7-12-8-15-13(17-12)14-5-3-11-4-6-16-9-11/h4,6,9-10,12H,3,5,7-8H2,1-2H3,(H,14,15). The van der Waals surface area contributed by atoms with Gasteiger partial charge in [0.1, 0.15) is 0 Å². The van der Waals surface area contributed by atoms with Gasteiger partial charge in [-0.2, -0.15) is 11.3 Å². The number of hydrogen-bond donors (Lipinski definition) is 1. The molecule has 1 aromatic heterocycles. The van der Waals surface area contributed by atoms with Gasteiger partial charge in [-0.1, -0.05) is 25.6 Å². The van der Waals surface area contributed by atoms with Gasteiger partial charge in [-0.05, 0) is 41.1 Å². The molecule has 1 unspecified atom stereocenters. The van der Waals surface area contributed by atoms with Gasteiger partial charge in [0.05, 0.1) is 6.54 Å². The Labute approximate surface area is 112 Å². The van der Waals surface area contributed by atoms with E-state index in [-0.39, 0.29) is 0 Å². The van der Waals surface area contributed by atoms with Crippen molar-refractivity contribution >= 4 is 28.3 Å². The molecule has 1 aliphatic heterocycles. The van der Waals surface area contributed by atoms with Crippen LogP contribution < -0.4 is 5.32 Å². The Morgan fingerprint density at radius 2 is 2.41 bits per heavy atom. The average Bonchev–Trinajstić information content (AvgIpc) is 2.89. The molecule has 17 heavy (non-hydrogen) atoms. The van der Waals surface area contributed by atoms with E-state index in [0.29, 0.717) is 5.25 Å². The number of hydrogen-bond acceptors (Lipinski definition) is 4. The van der Waals surface area contributed by atoms with E-state index in [1.165, 1.54) is 12.0 Å². The predicted molar refractivity (Wildman–Crippen MR) is 79.2 cm³/mol. The lowest BCUT2D eigenvalue weighted by Crippen LogP contribution is -2.22. The van der Waals surface area contributed by atoms with Crippen molar-refractivity contribution in [1.82, 2.24) is 5.32 Å². The van der Waals surface area contributed by atoms with E-state index in [1.54, 1.807) is 11.3 Å². The van der Waals surface area contributed by atoms with Gasteiger partial charge in [0.2, 0.25) is 0 Å². The lowest BCUT2D eigenvalue weighted by Gasteiger charge is -2.11. The third kappa shape index (κ3) is 4.36. The molecule has 1 aromatic rings. The number of thiophene rings is 1. The van der Waals surface area contributed by atoms with Crippen LogP contribution in [0.15, 0.2) is 21.8 Å². The van der Waals surface area contributed by atoms with Crippen LogP contribution in [0.5, 0.6) is 0 Å². The summed E-state index contributed by atoms with van der Waals surface area (Å²) in [5.41, 5.74) is 1.42. The topological polar surface area (TPSA) is 24.4 Å². The highest BCUT2D eigenvalue weighted by molar-refractivity contribution is 8.14. The number of aliphatic imine (C=N–C) groups is 1. The molecule has 0 spiro atoms. The number of rotatable bonds is 5. The first kappa shape index (κ1) is 13.0. The van der Waals surface area contributed by atoms with E-state index in [4.69, 9.17) is 0 Å². The molecule has 0 amide bonds. The molecule has 94 valence electrons. The van der Waals surface area contributed by atoms with Crippen LogP contribution in [0.4, 0.5) is 0 Å². The number of nitrogens with one attached hydrogen (secondary N) is 1. The molecule has 1 N–H and O–H groups in total. The summed E-state index contributed by atoms with van der Waals surface area (Å²) in [6, 6.07) is 2.19. The summed E-state index contributed by atoms with van der Waals surface area (Å²) in [5.74, 6) is 0.771. The van der Waals surface area contributed by atoms with Crippen LogP contribution in [-0.4, -0.2) is 23.5 Å². The van der Waals surface area contributed by atoms with Crippen molar-refractivity contribution in [1.29, 1.82) is 0 Å². The van der Waals surface area contributed by atoms with Crippen LogP contribution in [0.2, 0.25) is 0 Å². The van der Waals surface area contributed by atoms with Crippen molar-refractivity contribution in [3.63, 3.8) is 0 Å². The van der Waals surface area contributed by atoms with Crippen molar-refractivity contribution in [2.24, 2.45) is 10.9 Å². The lowest BCUT2D eigenvalue weighted by molar-refractivity contribution is 0.575. The Morgan fingerprint density at radius 3 is 3.12 bits per heavy atom. The summed E-state index contributed by atoms with van der Waals surface area (Å²) < 4.78 is 0. The Morgan fingerprint density at radius 1 is 1.53 bits per heavy atom. The van der Waals surface area contributed by atoms with Gasteiger partial charge in [0.15, 0.2) is 5.17 Å². The summed E-state index contributed by atoms with van der Waals surface area (Å²) in [6.07, 6.45) is 2.36. The zero-order chi connectivity index (χ0) is 12.1. The monoisotopic (exact) mass is 268 g/mol. The van der Waals surface area contributed by atoms with E-state index in [0.717, 1.165) is 30.6 Å². The van der Waals surface area contributed by atoms with E-state index in [9.17, 15) is 0 Å². The zero-order valence-corrected chi connectivity index (χ0v) is 12.1. The maximum absolute atomic E-state index is 4.56. The first-order chi connectivity index (χ1) is 8.24. The van der Waals surface area contributed by atoms with Crippen molar-refractivity contribution in [3.8, 4) is 0 Å². The first-order valence-corrected chi connectivity index (χ1v) is 8.02. The van der Waals surface area contributed by atoms with Crippen LogP contribution >= 0.6 is 23.1 Å². The predicted octanol–water partition coefficient (Wildman–Crippen LogP) is 3.40. The van der Waals surface area contributed by atoms with E-state index < -0.39 is 0 Å². The fourth-order valence-corrected chi connectivity index (χ4v) is 3.90. The molecular formula is C13H20N2S2. The normalized spacial score (nSPS) is 19.7. The fraction of sp³-hybridized carbons (Fsp3) is 0.615. The van der Waals surface area contributed by atoms with Crippen molar-refractivity contribution in [2.75, 3.05) is 13.1 Å². The third-order valence-electron chi connectivity index (χ3n) is 2.72. The molecule has 1 atom stereocenters. The second-order valence-electron chi connectivity index (χ2n) is 4.82. The summed E-state index contributed by atoms with van der Waals surface area (Å²) >= 11 is 3.68. The average molecular weight is 268 g/mol. The highest BCUT2D eigenvalue weighted by atomic mass is 32.2. The van der Waals surface area contributed by atoms with E-state index in [1.807, 2.05) is 11.8 Å². The number of amidine groups is 1. The lowest BCUT2D eigenvalue weighted by atomic mass is 10.1. The fourth-order valence-electron chi connectivity index (χ4n) is 1.91. The summed E-state index contributed by atoms with van der Waals surface area (Å²) in [5, 5.41) is 9.63. The largest absolute Gasteiger partial charge is 0.365 e. The molecule has 2 rings (SSSR count). The van der Waals surface area contributed by atoms with Crippen LogP contribution in [0, 0.1) is 5.92 Å². The highest BCUT2D eigenvalue weighted by Crippen LogP contribution is 2.25. The highest BCUT2D eigenvalue weighted by Gasteiger charge is 2.19. The Kier molecular flexibility index (Phi) is 4.92. The van der Waals surface area contributed by atoms with Gasteiger partial charge in [-0.3, -0.25) is 4.99 Å². The first-order valence-electron chi connectivity index (χ1n) is 6.20. The smallest absolute Gasteiger partial charge is 0.156 e. The molecule has 2 nitrogen and oxygen atoms in total. The molecule has 0 fully saturated rings. The summed E-state index contributed by atoms with van der Waals surface area (Å²) in [7, 11) is 0. The van der Waals surface area contributed by atoms with Crippen LogP contribution in [0.3, 0.4) is 0 Å². The van der Waals surface area contributed by atoms with Gasteiger partial charge < -0.3 is 5.32 Å². The molecule has 1 aliphatic rings. The Bertz CT molecular complexity index is 358.